The second-order valence-corrected chi connectivity index (χ2v) is 6.45. The van der Waals surface area contributed by atoms with E-state index in [0.717, 1.165) is 6.07 Å². The molecule has 0 aliphatic carbocycles. The number of carbonyl (C=O) groups excluding carboxylic acids is 2. The van der Waals surface area contributed by atoms with Crippen LogP contribution in [0.2, 0.25) is 0 Å². The largest absolute Gasteiger partial charge is 0.416 e. The second-order valence-electron chi connectivity index (χ2n) is 6.45. The maximum atomic E-state index is 13.2. The number of nitrogens with one attached hydrogen (secondary N) is 3. The third kappa shape index (κ3) is 5.82. The first-order valence-corrected chi connectivity index (χ1v) is 8.68. The molecule has 0 heterocycles. The Labute approximate surface area is 161 Å². The van der Waals surface area contributed by atoms with E-state index in [4.69, 9.17) is 0 Å². The summed E-state index contributed by atoms with van der Waals surface area (Å²) in [7, 11) is 0. The lowest BCUT2D eigenvalue weighted by molar-refractivity contribution is -0.138. The molecule has 0 radical (unpaired) electrons. The number of hydrogen-bond donors (Lipinski definition) is 3. The van der Waals surface area contributed by atoms with Gasteiger partial charge in [0, 0.05) is 24.3 Å². The van der Waals surface area contributed by atoms with Gasteiger partial charge >= 0.3 is 6.18 Å². The van der Waals surface area contributed by atoms with Gasteiger partial charge < -0.3 is 10.6 Å². The summed E-state index contributed by atoms with van der Waals surface area (Å²) < 4.78 is 39.6. The van der Waals surface area contributed by atoms with Crippen molar-refractivity contribution in [1.82, 2.24) is 5.32 Å². The van der Waals surface area contributed by atoms with Gasteiger partial charge in [0.1, 0.15) is 0 Å². The normalized spacial score (nSPS) is 13.5. The van der Waals surface area contributed by atoms with Gasteiger partial charge in [-0.1, -0.05) is 24.3 Å². The Hall–Kier alpha value is -2.87. The van der Waals surface area contributed by atoms with Gasteiger partial charge in [0.2, 0.25) is 11.8 Å². The lowest BCUT2D eigenvalue weighted by Crippen LogP contribution is -2.39. The molecule has 2 aromatic rings. The van der Waals surface area contributed by atoms with E-state index in [1.54, 1.807) is 38.1 Å². The average Bonchev–Trinajstić information content (AvgIpc) is 2.60. The van der Waals surface area contributed by atoms with Crippen molar-refractivity contribution in [2.24, 2.45) is 0 Å². The van der Waals surface area contributed by atoms with Crippen LogP contribution in [0.5, 0.6) is 0 Å². The van der Waals surface area contributed by atoms with Crippen molar-refractivity contribution in [3.8, 4) is 0 Å². The fourth-order valence-corrected chi connectivity index (χ4v) is 2.80. The lowest BCUT2D eigenvalue weighted by Gasteiger charge is -2.23. The highest BCUT2D eigenvalue weighted by Gasteiger charge is 2.34. The van der Waals surface area contributed by atoms with Crippen molar-refractivity contribution >= 4 is 23.2 Å². The number of anilines is 2. The third-order valence-corrected chi connectivity index (χ3v) is 4.08. The van der Waals surface area contributed by atoms with Gasteiger partial charge in [-0.2, -0.15) is 13.2 Å². The first-order valence-electron chi connectivity index (χ1n) is 8.68. The molecule has 2 rings (SSSR count). The zero-order chi connectivity index (χ0) is 20.9. The molecule has 0 unspecified atom stereocenters. The first-order chi connectivity index (χ1) is 13.1. The standard InChI is InChI=1S/C20H22F3N3O2/c1-12(17-9-4-5-10-18(17)20(21,22)23)24-13(2)19(28)26-16-8-6-7-15(11-16)25-14(3)27/h4-13,24H,1-3H3,(H,25,27)(H,26,28)/t12-,13-/m0/s1. The molecule has 0 saturated heterocycles. The number of rotatable bonds is 6. The van der Waals surface area contributed by atoms with Crippen LogP contribution in [0.25, 0.3) is 0 Å². The molecule has 0 aliphatic rings. The van der Waals surface area contributed by atoms with Crippen molar-refractivity contribution < 1.29 is 22.8 Å². The molecular weight excluding hydrogens is 371 g/mol. The summed E-state index contributed by atoms with van der Waals surface area (Å²) in [5, 5.41) is 8.19. The van der Waals surface area contributed by atoms with Gasteiger partial charge in [-0.05, 0) is 43.7 Å². The highest BCUT2D eigenvalue weighted by atomic mass is 19.4. The molecule has 0 saturated carbocycles. The van der Waals surface area contributed by atoms with Crippen LogP contribution in [0.3, 0.4) is 0 Å². The van der Waals surface area contributed by atoms with Crippen LogP contribution in [-0.4, -0.2) is 17.9 Å². The SMILES string of the molecule is CC(=O)Nc1cccc(NC(=O)[C@H](C)N[C@@H](C)c2ccccc2C(F)(F)F)c1. The zero-order valence-electron chi connectivity index (χ0n) is 15.7. The maximum Gasteiger partial charge on any atom is 0.416 e. The van der Waals surface area contributed by atoms with Crippen LogP contribution in [0.15, 0.2) is 48.5 Å². The summed E-state index contributed by atoms with van der Waals surface area (Å²) in [6.45, 7) is 4.52. The van der Waals surface area contributed by atoms with Gasteiger partial charge in [-0.15, -0.1) is 0 Å². The van der Waals surface area contributed by atoms with Crippen LogP contribution in [0.1, 0.15) is 37.9 Å². The van der Waals surface area contributed by atoms with Gasteiger partial charge in [0.15, 0.2) is 0 Å². The van der Waals surface area contributed by atoms with Crippen molar-refractivity contribution in [3.05, 3.63) is 59.7 Å². The Morgan fingerprint density at radius 3 is 2.14 bits per heavy atom. The third-order valence-electron chi connectivity index (χ3n) is 4.08. The van der Waals surface area contributed by atoms with Crippen molar-refractivity contribution in [3.63, 3.8) is 0 Å². The summed E-state index contributed by atoms with van der Waals surface area (Å²) in [4.78, 5) is 23.5. The van der Waals surface area contributed by atoms with E-state index in [-0.39, 0.29) is 11.5 Å². The Balaban J connectivity index is 2.06. The number of halogens is 3. The molecule has 8 heteroatoms. The van der Waals surface area contributed by atoms with E-state index in [1.807, 2.05) is 0 Å². The Morgan fingerprint density at radius 2 is 1.54 bits per heavy atom. The minimum absolute atomic E-state index is 0.0716. The van der Waals surface area contributed by atoms with E-state index in [1.165, 1.54) is 25.1 Å². The zero-order valence-corrected chi connectivity index (χ0v) is 15.7. The lowest BCUT2D eigenvalue weighted by atomic mass is 10.0. The van der Waals surface area contributed by atoms with Crippen LogP contribution in [0.4, 0.5) is 24.5 Å². The molecule has 28 heavy (non-hydrogen) atoms. The second kappa shape index (κ2) is 8.88. The molecule has 0 fully saturated rings. The minimum atomic E-state index is -4.47. The van der Waals surface area contributed by atoms with Crippen LogP contribution < -0.4 is 16.0 Å². The molecule has 2 aromatic carbocycles. The minimum Gasteiger partial charge on any atom is -0.326 e. The van der Waals surface area contributed by atoms with E-state index >= 15 is 0 Å². The van der Waals surface area contributed by atoms with E-state index in [0.29, 0.717) is 11.4 Å². The predicted octanol–water partition coefficient (Wildman–Crippen LogP) is 4.34. The molecular formula is C20H22F3N3O2. The summed E-state index contributed by atoms with van der Waals surface area (Å²) in [6.07, 6.45) is -4.47. The number of amides is 2. The fourth-order valence-electron chi connectivity index (χ4n) is 2.80. The average molecular weight is 393 g/mol. The highest BCUT2D eigenvalue weighted by molar-refractivity contribution is 5.96. The maximum absolute atomic E-state index is 13.2. The monoisotopic (exact) mass is 393 g/mol. The molecule has 0 aromatic heterocycles. The Kier molecular flexibility index (Phi) is 6.80. The van der Waals surface area contributed by atoms with Gasteiger partial charge in [0.25, 0.3) is 0 Å². The van der Waals surface area contributed by atoms with Crippen LogP contribution in [-0.2, 0) is 15.8 Å². The molecule has 2 atom stereocenters. The topological polar surface area (TPSA) is 70.2 Å². The Morgan fingerprint density at radius 1 is 0.929 bits per heavy atom. The summed E-state index contributed by atoms with van der Waals surface area (Å²) in [5.74, 6) is -0.646. The summed E-state index contributed by atoms with van der Waals surface area (Å²) in [6, 6.07) is 10.4. The Bertz CT molecular complexity index is 853. The molecule has 2 amide bonds. The number of hydrogen-bond acceptors (Lipinski definition) is 3. The van der Waals surface area contributed by atoms with Gasteiger partial charge in [0.05, 0.1) is 11.6 Å². The first kappa shape index (κ1) is 21.4. The highest BCUT2D eigenvalue weighted by Crippen LogP contribution is 2.34. The number of alkyl halides is 3. The number of benzene rings is 2. The van der Waals surface area contributed by atoms with Crippen LogP contribution >= 0.6 is 0 Å². The van der Waals surface area contributed by atoms with Crippen LogP contribution in [0, 0.1) is 0 Å². The van der Waals surface area contributed by atoms with Gasteiger partial charge in [-0.25, -0.2) is 0 Å². The quantitative estimate of drug-likeness (QED) is 0.684. The summed E-state index contributed by atoms with van der Waals surface area (Å²) >= 11 is 0. The fraction of sp³-hybridized carbons (Fsp3) is 0.300. The van der Waals surface area contributed by atoms with Gasteiger partial charge in [-0.3, -0.25) is 14.9 Å². The molecule has 3 N–H and O–H groups in total. The predicted molar refractivity (Wildman–Crippen MR) is 102 cm³/mol. The van der Waals surface area contributed by atoms with E-state index in [2.05, 4.69) is 16.0 Å². The smallest absolute Gasteiger partial charge is 0.326 e. The van der Waals surface area contributed by atoms with E-state index in [9.17, 15) is 22.8 Å². The van der Waals surface area contributed by atoms with Crippen molar-refractivity contribution in [2.75, 3.05) is 10.6 Å². The van der Waals surface area contributed by atoms with E-state index < -0.39 is 29.7 Å². The molecule has 150 valence electrons. The van der Waals surface area contributed by atoms with Crippen molar-refractivity contribution in [2.45, 2.75) is 39.0 Å². The summed E-state index contributed by atoms with van der Waals surface area (Å²) in [5.41, 5.74) is 0.333. The molecule has 5 nitrogen and oxygen atoms in total. The van der Waals surface area contributed by atoms with Crippen molar-refractivity contribution in [1.29, 1.82) is 0 Å². The molecule has 0 aliphatic heterocycles. The molecule has 0 spiro atoms. The molecule has 0 bridgehead atoms. The number of carbonyl (C=O) groups is 2.